The highest BCUT2D eigenvalue weighted by Gasteiger charge is 2.18. The van der Waals surface area contributed by atoms with Gasteiger partial charge < -0.3 is 14.2 Å². The average Bonchev–Trinajstić information content (AvgIpc) is 3.36. The van der Waals surface area contributed by atoms with Gasteiger partial charge in [-0.2, -0.15) is 0 Å². The molecule has 0 saturated heterocycles. The molecule has 4 aromatic rings. The van der Waals surface area contributed by atoms with Crippen LogP contribution in [0.3, 0.4) is 0 Å². The number of hydrogen-bond acceptors (Lipinski definition) is 7. The van der Waals surface area contributed by atoms with Crippen LogP contribution in [0.15, 0.2) is 66.0 Å². The van der Waals surface area contributed by atoms with E-state index in [2.05, 4.69) is 25.8 Å². The Kier molecular flexibility index (Phi) is 7.59. The summed E-state index contributed by atoms with van der Waals surface area (Å²) in [5.74, 6) is 2.02. The zero-order valence-corrected chi connectivity index (χ0v) is 22.2. The Bertz CT molecular complexity index is 1440. The molecule has 37 heavy (non-hydrogen) atoms. The zero-order chi connectivity index (χ0) is 26.6. The minimum atomic E-state index is -0.436. The predicted octanol–water partition coefficient (Wildman–Crippen LogP) is 8.00. The summed E-state index contributed by atoms with van der Waals surface area (Å²) in [6, 6.07) is 18.1. The van der Waals surface area contributed by atoms with Crippen LogP contribution in [0.25, 0.3) is 23.4 Å². The molecule has 0 fully saturated rings. The largest absolute Gasteiger partial charge is 0.493 e. The molecule has 7 nitrogen and oxygen atoms in total. The first-order valence-electron chi connectivity index (χ1n) is 11.6. The van der Waals surface area contributed by atoms with Gasteiger partial charge in [-0.25, -0.2) is 4.98 Å². The number of thiazole rings is 1. The van der Waals surface area contributed by atoms with Crippen molar-refractivity contribution in [3.63, 3.8) is 0 Å². The van der Waals surface area contributed by atoms with Gasteiger partial charge in [0.05, 0.1) is 24.8 Å². The Morgan fingerprint density at radius 1 is 0.892 bits per heavy atom. The molecule has 0 aliphatic carbocycles. The lowest BCUT2D eigenvalue weighted by molar-refractivity contribution is -0.385. The normalized spacial score (nSPS) is 11.5. The Labute approximate surface area is 220 Å². The van der Waals surface area contributed by atoms with Crippen LogP contribution < -0.4 is 14.2 Å². The molecule has 0 atom stereocenters. The topological polar surface area (TPSA) is 83.7 Å². The summed E-state index contributed by atoms with van der Waals surface area (Å²) >= 11 is 1.48. The summed E-state index contributed by atoms with van der Waals surface area (Å²) in [7, 11) is 3.19. The van der Waals surface area contributed by atoms with Crippen molar-refractivity contribution in [2.45, 2.75) is 26.2 Å². The SMILES string of the molecule is COc1ccc(-c2csc(/C=C/c3ccc(Oc4ccc(C(C)(C)C)cc4)c([N+](=O)[O-])c3)n2)cc1OC. The van der Waals surface area contributed by atoms with Crippen molar-refractivity contribution in [1.29, 1.82) is 0 Å². The molecule has 190 valence electrons. The van der Waals surface area contributed by atoms with Crippen LogP contribution in [0.4, 0.5) is 5.69 Å². The number of rotatable bonds is 8. The molecule has 3 aromatic carbocycles. The number of nitrogens with zero attached hydrogens (tertiary/aromatic N) is 2. The predicted molar refractivity (Wildman–Crippen MR) is 148 cm³/mol. The lowest BCUT2D eigenvalue weighted by Crippen LogP contribution is -2.10. The maximum atomic E-state index is 11.8. The van der Waals surface area contributed by atoms with Gasteiger partial charge >= 0.3 is 5.69 Å². The first-order chi connectivity index (χ1) is 17.7. The van der Waals surface area contributed by atoms with Gasteiger partial charge in [-0.05, 0) is 59.0 Å². The van der Waals surface area contributed by atoms with E-state index < -0.39 is 4.92 Å². The van der Waals surface area contributed by atoms with Crippen molar-refractivity contribution in [3.8, 4) is 34.3 Å². The fourth-order valence-electron chi connectivity index (χ4n) is 3.68. The first-order valence-corrected chi connectivity index (χ1v) is 12.5. The molecular formula is C29H28N2O5S. The van der Waals surface area contributed by atoms with Crippen molar-refractivity contribution in [2.75, 3.05) is 14.2 Å². The number of nitro benzene ring substituents is 1. The van der Waals surface area contributed by atoms with E-state index in [0.29, 0.717) is 22.8 Å². The molecule has 0 N–H and O–H groups in total. The smallest absolute Gasteiger partial charge is 0.312 e. The van der Waals surface area contributed by atoms with Gasteiger partial charge in [0, 0.05) is 17.0 Å². The van der Waals surface area contributed by atoms with Crippen LogP contribution >= 0.6 is 11.3 Å². The molecule has 0 unspecified atom stereocenters. The lowest BCUT2D eigenvalue weighted by atomic mass is 9.87. The van der Waals surface area contributed by atoms with Crippen LogP contribution in [0, 0.1) is 10.1 Å². The van der Waals surface area contributed by atoms with E-state index in [4.69, 9.17) is 14.2 Å². The highest BCUT2D eigenvalue weighted by molar-refractivity contribution is 7.10. The summed E-state index contributed by atoms with van der Waals surface area (Å²) < 4.78 is 16.5. The average molecular weight is 517 g/mol. The number of benzene rings is 3. The molecule has 0 aliphatic rings. The van der Waals surface area contributed by atoms with Crippen molar-refractivity contribution < 1.29 is 19.1 Å². The van der Waals surface area contributed by atoms with Crippen LogP contribution in [-0.4, -0.2) is 24.1 Å². The van der Waals surface area contributed by atoms with Gasteiger partial charge in [-0.3, -0.25) is 10.1 Å². The quantitative estimate of drug-likeness (QED) is 0.174. The number of hydrogen-bond donors (Lipinski definition) is 0. The van der Waals surface area contributed by atoms with Crippen molar-refractivity contribution >= 4 is 29.2 Å². The Morgan fingerprint density at radius 3 is 2.24 bits per heavy atom. The summed E-state index contributed by atoms with van der Waals surface area (Å²) in [4.78, 5) is 16.0. The second-order valence-corrected chi connectivity index (χ2v) is 10.2. The van der Waals surface area contributed by atoms with Gasteiger partial charge in [-0.15, -0.1) is 11.3 Å². The minimum absolute atomic E-state index is 0.0121. The molecule has 0 saturated carbocycles. The van der Waals surface area contributed by atoms with E-state index in [-0.39, 0.29) is 16.9 Å². The van der Waals surface area contributed by atoms with Crippen LogP contribution in [-0.2, 0) is 5.41 Å². The van der Waals surface area contributed by atoms with Gasteiger partial charge in [-0.1, -0.05) is 45.0 Å². The highest BCUT2D eigenvalue weighted by Crippen LogP contribution is 2.35. The fourth-order valence-corrected chi connectivity index (χ4v) is 4.40. The minimum Gasteiger partial charge on any atom is -0.493 e. The fraction of sp³-hybridized carbons (Fsp3) is 0.207. The summed E-state index contributed by atoms with van der Waals surface area (Å²) in [5.41, 5.74) is 3.45. The molecule has 0 radical (unpaired) electrons. The van der Waals surface area contributed by atoms with Crippen LogP contribution in [0.2, 0.25) is 0 Å². The highest BCUT2D eigenvalue weighted by atomic mass is 32.1. The lowest BCUT2D eigenvalue weighted by Gasteiger charge is -2.19. The number of nitro groups is 1. The third kappa shape index (κ3) is 6.16. The van der Waals surface area contributed by atoms with E-state index in [1.807, 2.05) is 53.9 Å². The molecular weight excluding hydrogens is 488 g/mol. The molecule has 0 spiro atoms. The molecule has 1 heterocycles. The molecule has 0 bridgehead atoms. The summed E-state index contributed by atoms with van der Waals surface area (Å²) in [6.07, 6.45) is 3.63. The first kappa shape index (κ1) is 25.9. The maximum Gasteiger partial charge on any atom is 0.312 e. The maximum absolute atomic E-state index is 11.8. The van der Waals surface area contributed by atoms with Gasteiger partial charge in [0.2, 0.25) is 5.75 Å². The van der Waals surface area contributed by atoms with Gasteiger partial charge in [0.25, 0.3) is 0 Å². The number of methoxy groups -OCH3 is 2. The Morgan fingerprint density at radius 2 is 1.59 bits per heavy atom. The number of ether oxygens (including phenoxy) is 3. The number of aromatic nitrogens is 1. The Hall–Kier alpha value is -4.17. The van der Waals surface area contributed by atoms with Crippen molar-refractivity contribution in [3.05, 3.63) is 92.3 Å². The van der Waals surface area contributed by atoms with Crippen LogP contribution in [0.1, 0.15) is 36.9 Å². The van der Waals surface area contributed by atoms with Crippen molar-refractivity contribution in [1.82, 2.24) is 4.98 Å². The third-order valence-corrected chi connectivity index (χ3v) is 6.56. The zero-order valence-electron chi connectivity index (χ0n) is 21.3. The molecule has 8 heteroatoms. The third-order valence-electron chi connectivity index (χ3n) is 5.75. The second kappa shape index (κ2) is 10.8. The van der Waals surface area contributed by atoms with E-state index in [1.165, 1.54) is 17.4 Å². The standard InChI is InChI=1S/C29H28N2O5S/c1-29(2,3)21-9-11-22(12-10-21)36-25-13-6-19(16-24(25)31(32)33)7-15-28-30-23(18-37-28)20-8-14-26(34-4)27(17-20)35-5/h6-18H,1-5H3/b15-7+. The van der Waals surface area contributed by atoms with E-state index in [9.17, 15) is 10.1 Å². The van der Waals surface area contributed by atoms with Crippen LogP contribution in [0.5, 0.6) is 23.0 Å². The Balaban J connectivity index is 1.52. The van der Waals surface area contributed by atoms with Gasteiger partial charge in [0.1, 0.15) is 10.8 Å². The van der Waals surface area contributed by atoms with E-state index in [0.717, 1.165) is 21.8 Å². The van der Waals surface area contributed by atoms with Gasteiger partial charge in [0.15, 0.2) is 11.5 Å². The molecule has 4 rings (SSSR count). The molecule has 1 aromatic heterocycles. The van der Waals surface area contributed by atoms with E-state index >= 15 is 0 Å². The van der Waals surface area contributed by atoms with E-state index in [1.54, 1.807) is 32.4 Å². The summed E-state index contributed by atoms with van der Waals surface area (Å²) in [6.45, 7) is 6.38. The molecule has 0 amide bonds. The van der Waals surface area contributed by atoms with Crippen molar-refractivity contribution in [2.24, 2.45) is 0 Å². The summed E-state index contributed by atoms with van der Waals surface area (Å²) in [5, 5.41) is 14.5. The molecule has 0 aliphatic heterocycles. The second-order valence-electron chi connectivity index (χ2n) is 9.33. The monoisotopic (exact) mass is 516 g/mol.